The van der Waals surface area contributed by atoms with E-state index in [2.05, 4.69) is 20.9 Å². The van der Waals surface area contributed by atoms with Crippen molar-refractivity contribution in [3.05, 3.63) is 68.8 Å². The molecule has 0 amide bonds. The second kappa shape index (κ2) is 7.98. The minimum Gasteiger partial charge on any atom is -0.363 e. The summed E-state index contributed by atoms with van der Waals surface area (Å²) in [6.07, 6.45) is -0.920. The lowest BCUT2D eigenvalue weighted by Crippen LogP contribution is -2.36. The van der Waals surface area contributed by atoms with Gasteiger partial charge in [-0.1, -0.05) is 24.3 Å². The maximum absolute atomic E-state index is 14.6. The van der Waals surface area contributed by atoms with Crippen LogP contribution in [0.3, 0.4) is 0 Å². The molecule has 6 nitrogen and oxygen atoms in total. The Balaban J connectivity index is 1.70. The summed E-state index contributed by atoms with van der Waals surface area (Å²) in [5.41, 5.74) is 1.53. The molecule has 0 spiro atoms. The third-order valence-electron chi connectivity index (χ3n) is 5.42. The summed E-state index contributed by atoms with van der Waals surface area (Å²) in [6, 6.07) is 5.13. The van der Waals surface area contributed by atoms with Crippen molar-refractivity contribution in [3.63, 3.8) is 0 Å². The molecule has 0 saturated carbocycles. The minimum absolute atomic E-state index is 0.124. The predicted octanol–water partition coefficient (Wildman–Crippen LogP) is 2.93. The normalized spacial score (nSPS) is 16.6. The lowest BCUT2D eigenvalue weighted by Gasteiger charge is -2.25. The number of rotatable bonds is 4. The Kier molecular flexibility index (Phi) is 5.38. The molecule has 3 N–H and O–H groups in total. The number of anilines is 1. The van der Waals surface area contributed by atoms with Crippen molar-refractivity contribution in [3.8, 4) is 0 Å². The number of aromatic nitrogens is 1. The van der Waals surface area contributed by atoms with Crippen LogP contribution in [0.4, 0.5) is 19.0 Å². The first-order valence-corrected chi connectivity index (χ1v) is 9.64. The topological polar surface area (TPSA) is 70.5 Å². The van der Waals surface area contributed by atoms with E-state index in [9.17, 15) is 18.0 Å². The van der Waals surface area contributed by atoms with Crippen molar-refractivity contribution in [2.75, 3.05) is 25.1 Å². The molecule has 30 heavy (non-hydrogen) atoms. The molecule has 1 aromatic carbocycles. The number of hydrogen-bond donors (Lipinski definition) is 3. The second-order valence-corrected chi connectivity index (χ2v) is 7.30. The molecule has 0 aliphatic carbocycles. The van der Waals surface area contributed by atoms with Crippen LogP contribution in [0.1, 0.15) is 41.6 Å². The van der Waals surface area contributed by atoms with Gasteiger partial charge in [0, 0.05) is 31.3 Å². The van der Waals surface area contributed by atoms with Crippen molar-refractivity contribution in [2.45, 2.75) is 19.4 Å². The summed E-state index contributed by atoms with van der Waals surface area (Å²) in [7, 11) is 1.68. The van der Waals surface area contributed by atoms with Gasteiger partial charge in [0.1, 0.15) is 24.1 Å². The van der Waals surface area contributed by atoms with E-state index >= 15 is 0 Å². The Bertz CT molecular complexity index is 1110. The molecule has 0 bridgehead atoms. The molecule has 0 saturated heterocycles. The quantitative estimate of drug-likeness (QED) is 0.716. The van der Waals surface area contributed by atoms with Crippen LogP contribution in [0.15, 0.2) is 40.1 Å². The highest BCUT2D eigenvalue weighted by Crippen LogP contribution is 2.28. The largest absolute Gasteiger partial charge is 0.363 e. The second-order valence-electron chi connectivity index (χ2n) is 7.30. The number of nitrogens with one attached hydrogen (secondary N) is 3. The molecule has 2 aromatic rings. The van der Waals surface area contributed by atoms with E-state index in [4.69, 9.17) is 0 Å². The summed E-state index contributed by atoms with van der Waals surface area (Å²) in [4.78, 5) is 17.2. The van der Waals surface area contributed by atoms with Gasteiger partial charge in [-0.2, -0.15) is 0 Å². The first-order valence-electron chi connectivity index (χ1n) is 9.64. The van der Waals surface area contributed by atoms with E-state index in [0.29, 0.717) is 35.9 Å². The number of nitrogens with zero attached hydrogens (tertiary/aromatic N) is 2. The van der Waals surface area contributed by atoms with Crippen LogP contribution in [-0.2, 0) is 7.05 Å². The standard InChI is InChI=1S/C21H22F3N5O/c1-11(13-4-3-5-14(17(13)22)18(23)24)28-19-16-8-15(12-6-7-25-9-12)21(30)29(2)20(16)27-10-26-19/h3-6,8,11,18,25,27H,7,9-10H2,1-2H3,(H,26,28)/t11-/m1/s1. The fraction of sp³-hybridized carbons (Fsp3) is 0.333. The number of halogens is 3. The van der Waals surface area contributed by atoms with Gasteiger partial charge in [-0.25, -0.2) is 18.2 Å². The average Bonchev–Trinajstić information content (AvgIpc) is 3.25. The van der Waals surface area contributed by atoms with Crippen LogP contribution in [0.5, 0.6) is 0 Å². The number of aliphatic imine (C=N–C) groups is 1. The Morgan fingerprint density at radius 3 is 2.70 bits per heavy atom. The Morgan fingerprint density at radius 1 is 1.23 bits per heavy atom. The van der Waals surface area contributed by atoms with Crippen LogP contribution in [0, 0.1) is 5.82 Å². The molecular formula is C21H22F3N5O. The summed E-state index contributed by atoms with van der Waals surface area (Å²) in [6.45, 7) is 3.22. The van der Waals surface area contributed by atoms with Gasteiger partial charge in [-0.15, -0.1) is 0 Å². The predicted molar refractivity (Wildman–Crippen MR) is 110 cm³/mol. The minimum atomic E-state index is -2.89. The first-order chi connectivity index (χ1) is 14.4. The fourth-order valence-electron chi connectivity index (χ4n) is 3.80. The first kappa shape index (κ1) is 20.2. The molecule has 1 aromatic heterocycles. The van der Waals surface area contributed by atoms with Crippen molar-refractivity contribution >= 4 is 17.2 Å². The zero-order valence-electron chi connectivity index (χ0n) is 16.6. The van der Waals surface area contributed by atoms with Crippen LogP contribution >= 0.6 is 0 Å². The van der Waals surface area contributed by atoms with Crippen LogP contribution < -0.4 is 21.5 Å². The molecule has 0 fully saturated rings. The summed E-state index contributed by atoms with van der Waals surface area (Å²) in [5.74, 6) is 0.147. The van der Waals surface area contributed by atoms with Crippen LogP contribution in [0.25, 0.3) is 5.57 Å². The third-order valence-corrected chi connectivity index (χ3v) is 5.42. The zero-order chi connectivity index (χ0) is 21.4. The summed E-state index contributed by atoms with van der Waals surface area (Å²) in [5, 5.41) is 9.41. The van der Waals surface area contributed by atoms with Crippen LogP contribution in [-0.4, -0.2) is 30.2 Å². The van der Waals surface area contributed by atoms with Crippen molar-refractivity contribution in [1.82, 2.24) is 15.2 Å². The lowest BCUT2D eigenvalue weighted by atomic mass is 10.0. The molecule has 0 radical (unpaired) electrons. The SMILES string of the molecule is C[C@@H](NC1=NCNc2c1cc(C1=CCNC1)c(=O)n2C)c1cccc(C(F)F)c1F. The molecule has 3 heterocycles. The molecule has 1 atom stereocenters. The average molecular weight is 417 g/mol. The van der Waals surface area contributed by atoms with Crippen LogP contribution in [0.2, 0.25) is 0 Å². The highest BCUT2D eigenvalue weighted by Gasteiger charge is 2.25. The van der Waals surface area contributed by atoms with Gasteiger partial charge in [0.15, 0.2) is 0 Å². The number of amidine groups is 1. The molecule has 9 heteroatoms. The number of fused-ring (bicyclic) bond motifs is 1. The van der Waals surface area contributed by atoms with E-state index in [1.807, 2.05) is 6.08 Å². The lowest BCUT2D eigenvalue weighted by molar-refractivity contribution is 0.146. The fourth-order valence-corrected chi connectivity index (χ4v) is 3.80. The highest BCUT2D eigenvalue weighted by molar-refractivity contribution is 6.04. The summed E-state index contributed by atoms with van der Waals surface area (Å²) < 4.78 is 42.2. The Labute approximate surface area is 171 Å². The third kappa shape index (κ3) is 3.49. The van der Waals surface area contributed by atoms with Crippen molar-refractivity contribution < 1.29 is 13.2 Å². The molecule has 158 valence electrons. The van der Waals surface area contributed by atoms with E-state index < -0.39 is 23.8 Å². The Morgan fingerprint density at radius 2 is 2.00 bits per heavy atom. The van der Waals surface area contributed by atoms with Crippen molar-refractivity contribution in [1.29, 1.82) is 0 Å². The van der Waals surface area contributed by atoms with E-state index in [1.165, 1.54) is 16.7 Å². The van der Waals surface area contributed by atoms with Gasteiger partial charge < -0.3 is 16.0 Å². The van der Waals surface area contributed by atoms with Gasteiger partial charge >= 0.3 is 0 Å². The Hall–Kier alpha value is -3.07. The zero-order valence-corrected chi connectivity index (χ0v) is 16.6. The molecule has 4 rings (SSSR count). The van der Waals surface area contributed by atoms with Gasteiger partial charge in [-0.3, -0.25) is 9.36 Å². The van der Waals surface area contributed by atoms with Gasteiger partial charge in [0.2, 0.25) is 0 Å². The maximum atomic E-state index is 14.6. The molecule has 2 aliphatic heterocycles. The number of pyridine rings is 1. The van der Waals surface area contributed by atoms with E-state index in [0.717, 1.165) is 11.6 Å². The van der Waals surface area contributed by atoms with Gasteiger partial charge in [0.05, 0.1) is 17.2 Å². The highest BCUT2D eigenvalue weighted by atomic mass is 19.3. The van der Waals surface area contributed by atoms with Gasteiger partial charge in [-0.05, 0) is 18.6 Å². The van der Waals surface area contributed by atoms with E-state index in [1.54, 1.807) is 20.0 Å². The number of alkyl halides is 2. The smallest absolute Gasteiger partial charge is 0.266 e. The maximum Gasteiger partial charge on any atom is 0.266 e. The number of hydrogen-bond acceptors (Lipinski definition) is 5. The molecular weight excluding hydrogens is 395 g/mol. The summed E-state index contributed by atoms with van der Waals surface area (Å²) >= 11 is 0. The molecule has 2 aliphatic rings. The van der Waals surface area contributed by atoms with E-state index in [-0.39, 0.29) is 17.8 Å². The van der Waals surface area contributed by atoms with Gasteiger partial charge in [0.25, 0.3) is 12.0 Å². The monoisotopic (exact) mass is 417 g/mol. The molecule has 0 unspecified atom stereocenters. The van der Waals surface area contributed by atoms with Crippen molar-refractivity contribution in [2.24, 2.45) is 12.0 Å². The number of benzene rings is 1.